The minimum Gasteiger partial charge on any atom is -0.335 e. The Kier molecular flexibility index (Phi) is 4.04. The summed E-state index contributed by atoms with van der Waals surface area (Å²) in [5.74, 6) is 0. The molecule has 0 saturated heterocycles. The zero-order valence-electron chi connectivity index (χ0n) is 12.4. The lowest BCUT2D eigenvalue weighted by atomic mass is 9.96. The van der Waals surface area contributed by atoms with Gasteiger partial charge in [0.1, 0.15) is 0 Å². The molecule has 4 heteroatoms. The summed E-state index contributed by atoms with van der Waals surface area (Å²) in [6.07, 6.45) is 5.88. The number of urea groups is 1. The van der Waals surface area contributed by atoms with Crippen molar-refractivity contribution in [2.45, 2.75) is 45.1 Å². The van der Waals surface area contributed by atoms with Gasteiger partial charge in [-0.15, -0.1) is 0 Å². The van der Waals surface area contributed by atoms with Gasteiger partial charge in [-0.1, -0.05) is 37.5 Å². The maximum absolute atomic E-state index is 12.2. The van der Waals surface area contributed by atoms with Crippen LogP contribution >= 0.6 is 0 Å². The van der Waals surface area contributed by atoms with Crippen LogP contribution in [-0.4, -0.2) is 17.1 Å². The number of hydrogen-bond donors (Lipinski definition) is 2. The Morgan fingerprint density at radius 3 is 2.76 bits per heavy atom. The summed E-state index contributed by atoms with van der Waals surface area (Å²) in [5, 5.41) is 7.04. The molecule has 3 rings (SSSR count). The molecule has 4 nitrogen and oxygen atoms in total. The second-order valence-electron chi connectivity index (χ2n) is 5.76. The second-order valence-corrected chi connectivity index (χ2v) is 5.76. The zero-order chi connectivity index (χ0) is 14.7. The van der Waals surface area contributed by atoms with Crippen LogP contribution in [0.4, 0.5) is 10.5 Å². The number of carbonyl (C=O) groups excluding carboxylic acids is 1. The number of para-hydroxylation sites is 1. The molecule has 0 bridgehead atoms. The number of aryl methyl sites for hydroxylation is 1. The fourth-order valence-electron chi connectivity index (χ4n) is 3.00. The van der Waals surface area contributed by atoms with Crippen LogP contribution in [0.1, 0.15) is 37.8 Å². The number of benzene rings is 1. The molecule has 0 unspecified atom stereocenters. The third-order valence-electron chi connectivity index (χ3n) is 4.03. The molecule has 1 aliphatic rings. The molecule has 0 spiro atoms. The van der Waals surface area contributed by atoms with Crippen molar-refractivity contribution in [2.24, 2.45) is 0 Å². The monoisotopic (exact) mass is 283 g/mol. The van der Waals surface area contributed by atoms with Gasteiger partial charge < -0.3 is 10.6 Å². The number of amides is 2. The number of aromatic nitrogens is 1. The predicted molar refractivity (Wildman–Crippen MR) is 85.5 cm³/mol. The van der Waals surface area contributed by atoms with Crippen LogP contribution in [-0.2, 0) is 0 Å². The normalized spacial score (nSPS) is 15.9. The van der Waals surface area contributed by atoms with Gasteiger partial charge in [0, 0.05) is 17.1 Å². The van der Waals surface area contributed by atoms with Gasteiger partial charge in [-0.05, 0) is 31.9 Å². The maximum Gasteiger partial charge on any atom is 0.319 e. The van der Waals surface area contributed by atoms with E-state index < -0.39 is 0 Å². The number of nitrogens with one attached hydrogen (secondary N) is 2. The highest BCUT2D eigenvalue weighted by Gasteiger charge is 2.16. The van der Waals surface area contributed by atoms with Crippen LogP contribution in [0, 0.1) is 6.92 Å². The first-order valence-electron chi connectivity index (χ1n) is 7.66. The standard InChI is InChI=1S/C17H21N3O/c1-12-11-16(14-9-5-6-10-15(14)18-12)20-17(21)19-13-7-3-2-4-8-13/h5-6,9-11,13H,2-4,7-8H2,1H3,(H2,18,19,20,21). The van der Waals surface area contributed by atoms with Crippen LogP contribution in [0.5, 0.6) is 0 Å². The molecule has 110 valence electrons. The van der Waals surface area contributed by atoms with E-state index in [1.54, 1.807) is 0 Å². The largest absolute Gasteiger partial charge is 0.335 e. The summed E-state index contributed by atoms with van der Waals surface area (Å²) in [6, 6.07) is 9.99. The Labute approximate surface area is 125 Å². The summed E-state index contributed by atoms with van der Waals surface area (Å²) in [5.41, 5.74) is 2.64. The fourth-order valence-corrected chi connectivity index (χ4v) is 3.00. The molecule has 2 aromatic rings. The van der Waals surface area contributed by atoms with Gasteiger partial charge in [-0.25, -0.2) is 4.79 Å². The molecule has 1 aromatic heterocycles. The number of nitrogens with zero attached hydrogens (tertiary/aromatic N) is 1. The third kappa shape index (κ3) is 3.32. The molecule has 0 atom stereocenters. The lowest BCUT2D eigenvalue weighted by Crippen LogP contribution is -2.39. The number of hydrogen-bond acceptors (Lipinski definition) is 2. The Bertz CT molecular complexity index is 648. The zero-order valence-corrected chi connectivity index (χ0v) is 12.4. The van der Waals surface area contributed by atoms with Crippen LogP contribution in [0.15, 0.2) is 30.3 Å². The van der Waals surface area contributed by atoms with Crippen molar-refractivity contribution in [3.63, 3.8) is 0 Å². The van der Waals surface area contributed by atoms with Crippen LogP contribution < -0.4 is 10.6 Å². The van der Waals surface area contributed by atoms with Gasteiger partial charge in [0.2, 0.25) is 0 Å². The predicted octanol–water partition coefficient (Wildman–Crippen LogP) is 4.00. The lowest BCUT2D eigenvalue weighted by molar-refractivity contribution is 0.244. The molecule has 1 saturated carbocycles. The van der Waals surface area contributed by atoms with E-state index in [0.29, 0.717) is 6.04 Å². The molecule has 1 fully saturated rings. The molecule has 2 amide bonds. The average Bonchev–Trinajstić information content (AvgIpc) is 2.48. The van der Waals surface area contributed by atoms with E-state index in [1.807, 2.05) is 37.3 Å². The molecule has 21 heavy (non-hydrogen) atoms. The van der Waals surface area contributed by atoms with E-state index in [-0.39, 0.29) is 6.03 Å². The van der Waals surface area contributed by atoms with Crippen LogP contribution in [0.2, 0.25) is 0 Å². The SMILES string of the molecule is Cc1cc(NC(=O)NC2CCCCC2)c2ccccc2n1. The molecular formula is C17H21N3O. The van der Waals surface area contributed by atoms with E-state index in [9.17, 15) is 4.79 Å². The van der Waals surface area contributed by atoms with Gasteiger partial charge in [-0.3, -0.25) is 4.98 Å². The molecule has 0 aliphatic heterocycles. The van der Waals surface area contributed by atoms with E-state index in [1.165, 1.54) is 19.3 Å². The number of carbonyl (C=O) groups is 1. The lowest BCUT2D eigenvalue weighted by Gasteiger charge is -2.23. The van der Waals surface area contributed by atoms with Gasteiger partial charge in [-0.2, -0.15) is 0 Å². The van der Waals surface area contributed by atoms with Crippen molar-refractivity contribution in [3.05, 3.63) is 36.0 Å². The third-order valence-corrected chi connectivity index (χ3v) is 4.03. The molecular weight excluding hydrogens is 262 g/mol. The van der Waals surface area contributed by atoms with Gasteiger partial charge >= 0.3 is 6.03 Å². The summed E-state index contributed by atoms with van der Waals surface area (Å²) >= 11 is 0. The highest BCUT2D eigenvalue weighted by Crippen LogP contribution is 2.23. The van der Waals surface area contributed by atoms with E-state index in [2.05, 4.69) is 15.6 Å². The minimum atomic E-state index is -0.113. The van der Waals surface area contributed by atoms with Crippen molar-refractivity contribution in [3.8, 4) is 0 Å². The highest BCUT2D eigenvalue weighted by atomic mass is 16.2. The highest BCUT2D eigenvalue weighted by molar-refractivity contribution is 6.00. The van der Waals surface area contributed by atoms with Crippen molar-refractivity contribution in [2.75, 3.05) is 5.32 Å². The number of rotatable bonds is 2. The summed E-state index contributed by atoms with van der Waals surface area (Å²) in [6.45, 7) is 1.94. The summed E-state index contributed by atoms with van der Waals surface area (Å²) in [4.78, 5) is 16.7. The van der Waals surface area contributed by atoms with Gasteiger partial charge in [0.15, 0.2) is 0 Å². The Balaban J connectivity index is 1.76. The quantitative estimate of drug-likeness (QED) is 0.875. The van der Waals surface area contributed by atoms with Crippen molar-refractivity contribution >= 4 is 22.6 Å². The maximum atomic E-state index is 12.2. The molecule has 0 radical (unpaired) electrons. The number of fused-ring (bicyclic) bond motifs is 1. The first-order valence-corrected chi connectivity index (χ1v) is 7.66. The topological polar surface area (TPSA) is 54.0 Å². The second kappa shape index (κ2) is 6.12. The van der Waals surface area contributed by atoms with Crippen LogP contribution in [0.25, 0.3) is 10.9 Å². The molecule has 2 N–H and O–H groups in total. The van der Waals surface area contributed by atoms with Crippen LogP contribution in [0.3, 0.4) is 0 Å². The van der Waals surface area contributed by atoms with Crippen molar-refractivity contribution in [1.82, 2.24) is 10.3 Å². The Hall–Kier alpha value is -2.10. The number of pyridine rings is 1. The first-order chi connectivity index (χ1) is 10.2. The van der Waals surface area contributed by atoms with E-state index in [0.717, 1.165) is 35.1 Å². The van der Waals surface area contributed by atoms with E-state index in [4.69, 9.17) is 0 Å². The minimum absolute atomic E-state index is 0.113. The summed E-state index contributed by atoms with van der Waals surface area (Å²) in [7, 11) is 0. The Morgan fingerprint density at radius 2 is 1.95 bits per heavy atom. The molecule has 1 heterocycles. The summed E-state index contributed by atoms with van der Waals surface area (Å²) < 4.78 is 0. The van der Waals surface area contributed by atoms with Crippen molar-refractivity contribution < 1.29 is 4.79 Å². The number of anilines is 1. The average molecular weight is 283 g/mol. The molecule has 1 aliphatic carbocycles. The van der Waals surface area contributed by atoms with E-state index >= 15 is 0 Å². The molecule has 1 aromatic carbocycles. The fraction of sp³-hybridized carbons (Fsp3) is 0.412. The van der Waals surface area contributed by atoms with Gasteiger partial charge in [0.25, 0.3) is 0 Å². The van der Waals surface area contributed by atoms with Crippen molar-refractivity contribution in [1.29, 1.82) is 0 Å². The van der Waals surface area contributed by atoms with Gasteiger partial charge in [0.05, 0.1) is 11.2 Å². The Morgan fingerprint density at radius 1 is 1.19 bits per heavy atom. The first kappa shape index (κ1) is 13.9. The smallest absolute Gasteiger partial charge is 0.319 e.